The van der Waals surface area contributed by atoms with E-state index in [2.05, 4.69) is 59.6 Å². The van der Waals surface area contributed by atoms with E-state index >= 15 is 0 Å². The SMILES string of the molecule is CC1(C)CC(NC(=S)Nc2cccc(Br)c2)CC(C)(C)N1. The van der Waals surface area contributed by atoms with E-state index in [9.17, 15) is 0 Å². The molecule has 0 bridgehead atoms. The molecule has 5 heteroatoms. The molecule has 0 unspecified atom stereocenters. The Morgan fingerprint density at radius 1 is 1.24 bits per heavy atom. The molecule has 1 aliphatic heterocycles. The number of thiocarbonyl (C=S) groups is 1. The van der Waals surface area contributed by atoms with Gasteiger partial charge < -0.3 is 16.0 Å². The van der Waals surface area contributed by atoms with Crippen LogP contribution in [0.1, 0.15) is 40.5 Å². The van der Waals surface area contributed by atoms with Gasteiger partial charge in [0, 0.05) is 27.3 Å². The van der Waals surface area contributed by atoms with Crippen LogP contribution < -0.4 is 16.0 Å². The molecule has 1 aliphatic rings. The number of hydrogen-bond acceptors (Lipinski definition) is 2. The standard InChI is InChI=1S/C16H24BrN3S/c1-15(2)9-13(10-16(3,4)20-15)19-14(21)18-12-7-5-6-11(17)8-12/h5-8,13,20H,9-10H2,1-4H3,(H2,18,19,21). The molecule has 3 N–H and O–H groups in total. The summed E-state index contributed by atoms with van der Waals surface area (Å²) in [6.07, 6.45) is 2.10. The van der Waals surface area contributed by atoms with Crippen molar-refractivity contribution in [1.29, 1.82) is 0 Å². The fourth-order valence-electron chi connectivity index (χ4n) is 3.34. The maximum atomic E-state index is 5.45. The van der Waals surface area contributed by atoms with Crippen LogP contribution in [0.25, 0.3) is 0 Å². The fraction of sp³-hybridized carbons (Fsp3) is 0.562. The first-order valence-electron chi connectivity index (χ1n) is 7.28. The molecule has 0 amide bonds. The predicted molar refractivity (Wildman–Crippen MR) is 97.8 cm³/mol. The van der Waals surface area contributed by atoms with Gasteiger partial charge in [-0.05, 0) is 71.0 Å². The zero-order valence-corrected chi connectivity index (χ0v) is 15.5. The Hall–Kier alpha value is -0.650. The number of halogens is 1. The lowest BCUT2D eigenvalue weighted by Gasteiger charge is -2.46. The molecule has 21 heavy (non-hydrogen) atoms. The zero-order chi connectivity index (χ0) is 15.7. The second-order valence-corrected chi connectivity index (χ2v) is 8.43. The van der Waals surface area contributed by atoms with E-state index in [1.54, 1.807) is 0 Å². The van der Waals surface area contributed by atoms with E-state index < -0.39 is 0 Å². The molecule has 2 rings (SSSR count). The largest absolute Gasteiger partial charge is 0.360 e. The molecule has 0 aromatic heterocycles. The van der Waals surface area contributed by atoms with Gasteiger partial charge in [-0.25, -0.2) is 0 Å². The van der Waals surface area contributed by atoms with Gasteiger partial charge >= 0.3 is 0 Å². The summed E-state index contributed by atoms with van der Waals surface area (Å²) in [6, 6.07) is 8.40. The molecule has 0 atom stereocenters. The first-order valence-corrected chi connectivity index (χ1v) is 8.48. The van der Waals surface area contributed by atoms with E-state index in [-0.39, 0.29) is 11.1 Å². The van der Waals surface area contributed by atoms with Crippen molar-refractivity contribution in [3.63, 3.8) is 0 Å². The van der Waals surface area contributed by atoms with Crippen LogP contribution >= 0.6 is 28.1 Å². The molecule has 1 aromatic carbocycles. The van der Waals surface area contributed by atoms with Crippen LogP contribution in [-0.2, 0) is 0 Å². The Kier molecular flexibility index (Phi) is 4.96. The highest BCUT2D eigenvalue weighted by Crippen LogP contribution is 2.28. The minimum Gasteiger partial charge on any atom is -0.360 e. The number of benzene rings is 1. The molecular weight excluding hydrogens is 346 g/mol. The van der Waals surface area contributed by atoms with Crippen molar-refractivity contribution in [3.8, 4) is 0 Å². The van der Waals surface area contributed by atoms with Gasteiger partial charge in [0.05, 0.1) is 0 Å². The number of piperidine rings is 1. The van der Waals surface area contributed by atoms with Gasteiger partial charge in [-0.3, -0.25) is 0 Å². The van der Waals surface area contributed by atoms with Crippen molar-refractivity contribution in [2.45, 2.75) is 57.7 Å². The maximum Gasteiger partial charge on any atom is 0.170 e. The van der Waals surface area contributed by atoms with Crippen LogP contribution in [-0.4, -0.2) is 22.2 Å². The highest BCUT2D eigenvalue weighted by atomic mass is 79.9. The summed E-state index contributed by atoms with van der Waals surface area (Å²) in [6.45, 7) is 8.97. The number of nitrogens with one attached hydrogen (secondary N) is 3. The first kappa shape index (κ1) is 16.7. The average molecular weight is 370 g/mol. The summed E-state index contributed by atoms with van der Waals surface area (Å²) in [7, 11) is 0. The molecule has 116 valence electrons. The van der Waals surface area contributed by atoms with Crippen LogP contribution in [0.15, 0.2) is 28.7 Å². The molecule has 3 nitrogen and oxygen atoms in total. The van der Waals surface area contributed by atoms with Gasteiger partial charge in [0.1, 0.15) is 0 Å². The van der Waals surface area contributed by atoms with Gasteiger partial charge in [-0.15, -0.1) is 0 Å². The van der Waals surface area contributed by atoms with Crippen molar-refractivity contribution < 1.29 is 0 Å². The lowest BCUT2D eigenvalue weighted by atomic mass is 9.80. The second-order valence-electron chi connectivity index (χ2n) is 7.11. The van der Waals surface area contributed by atoms with E-state index in [4.69, 9.17) is 12.2 Å². The summed E-state index contributed by atoms with van der Waals surface area (Å²) in [5.74, 6) is 0. The van der Waals surface area contributed by atoms with E-state index in [0.717, 1.165) is 23.0 Å². The summed E-state index contributed by atoms with van der Waals surface area (Å²) in [4.78, 5) is 0. The summed E-state index contributed by atoms with van der Waals surface area (Å²) >= 11 is 8.92. The lowest BCUT2D eigenvalue weighted by Crippen LogP contribution is -2.62. The third-order valence-electron chi connectivity index (χ3n) is 3.61. The van der Waals surface area contributed by atoms with Crippen LogP contribution in [0, 0.1) is 0 Å². The van der Waals surface area contributed by atoms with Crippen molar-refractivity contribution in [1.82, 2.24) is 10.6 Å². The van der Waals surface area contributed by atoms with Crippen LogP contribution in [0.2, 0.25) is 0 Å². The van der Waals surface area contributed by atoms with E-state index in [1.165, 1.54) is 0 Å². The molecule has 0 aliphatic carbocycles. The van der Waals surface area contributed by atoms with E-state index in [0.29, 0.717) is 11.2 Å². The minimum absolute atomic E-state index is 0.116. The monoisotopic (exact) mass is 369 g/mol. The van der Waals surface area contributed by atoms with Gasteiger partial charge in [-0.1, -0.05) is 22.0 Å². The predicted octanol–water partition coefficient (Wildman–Crippen LogP) is 4.04. The second kappa shape index (κ2) is 6.23. The van der Waals surface area contributed by atoms with Crippen molar-refractivity contribution in [2.75, 3.05) is 5.32 Å². The molecule has 0 saturated carbocycles. The highest BCUT2D eigenvalue weighted by molar-refractivity contribution is 9.10. The molecule has 0 radical (unpaired) electrons. The quantitative estimate of drug-likeness (QED) is 0.687. The molecule has 0 spiro atoms. The van der Waals surface area contributed by atoms with Gasteiger partial charge in [0.2, 0.25) is 0 Å². The molecule has 1 heterocycles. The minimum atomic E-state index is 0.116. The molecular formula is C16H24BrN3S. The van der Waals surface area contributed by atoms with E-state index in [1.807, 2.05) is 24.3 Å². The number of anilines is 1. The highest BCUT2D eigenvalue weighted by Gasteiger charge is 2.37. The molecule has 1 fully saturated rings. The maximum absolute atomic E-state index is 5.45. The van der Waals surface area contributed by atoms with Crippen molar-refractivity contribution in [2.24, 2.45) is 0 Å². The Labute approximate surface area is 141 Å². The Bertz CT molecular complexity index is 512. The third kappa shape index (κ3) is 5.24. The summed E-state index contributed by atoms with van der Waals surface area (Å²) < 4.78 is 1.04. The van der Waals surface area contributed by atoms with Crippen molar-refractivity contribution in [3.05, 3.63) is 28.7 Å². The normalized spacial score (nSPS) is 20.8. The summed E-state index contributed by atoms with van der Waals surface area (Å²) in [5.41, 5.74) is 1.23. The Morgan fingerprint density at radius 2 is 1.86 bits per heavy atom. The lowest BCUT2D eigenvalue weighted by molar-refractivity contribution is 0.156. The van der Waals surface area contributed by atoms with Crippen LogP contribution in [0.3, 0.4) is 0 Å². The van der Waals surface area contributed by atoms with Gasteiger partial charge in [0.25, 0.3) is 0 Å². The Morgan fingerprint density at radius 3 is 2.43 bits per heavy atom. The third-order valence-corrected chi connectivity index (χ3v) is 4.32. The molecule has 1 aromatic rings. The molecule has 1 saturated heterocycles. The first-order chi connectivity index (χ1) is 9.65. The fourth-order valence-corrected chi connectivity index (χ4v) is 4.03. The zero-order valence-electron chi connectivity index (χ0n) is 13.1. The summed E-state index contributed by atoms with van der Waals surface area (Å²) in [5, 5.41) is 11.1. The number of hydrogen-bond donors (Lipinski definition) is 3. The van der Waals surface area contributed by atoms with Gasteiger partial charge in [-0.2, -0.15) is 0 Å². The van der Waals surface area contributed by atoms with Crippen LogP contribution in [0.4, 0.5) is 5.69 Å². The van der Waals surface area contributed by atoms with Gasteiger partial charge in [0.15, 0.2) is 5.11 Å². The Balaban J connectivity index is 1.96. The topological polar surface area (TPSA) is 36.1 Å². The van der Waals surface area contributed by atoms with Crippen molar-refractivity contribution >= 4 is 38.9 Å². The average Bonchev–Trinajstić information content (AvgIpc) is 2.23. The smallest absolute Gasteiger partial charge is 0.170 e. The number of rotatable bonds is 2. The van der Waals surface area contributed by atoms with Crippen LogP contribution in [0.5, 0.6) is 0 Å².